The number of piperazine rings is 1. The van der Waals surface area contributed by atoms with Gasteiger partial charge in [0, 0.05) is 44.2 Å². The first kappa shape index (κ1) is 39.6. The maximum atomic E-state index is 14.7. The second-order valence-corrected chi connectivity index (χ2v) is 16.0. The van der Waals surface area contributed by atoms with Gasteiger partial charge in [0.15, 0.2) is 0 Å². The van der Waals surface area contributed by atoms with Gasteiger partial charge in [0.2, 0.25) is 23.6 Å². The maximum absolute atomic E-state index is 14.7. The molecule has 304 valence electrons. The van der Waals surface area contributed by atoms with Gasteiger partial charge in [-0.2, -0.15) is 0 Å². The second-order valence-electron chi connectivity index (χ2n) is 16.0. The third-order valence-corrected chi connectivity index (χ3v) is 12.1. The Balaban J connectivity index is 1.07. The number of amides is 4. The first-order chi connectivity index (χ1) is 28.7. The fourth-order valence-corrected chi connectivity index (χ4v) is 9.06. The molecule has 1 unspecified atom stereocenters. The van der Waals surface area contributed by atoms with Crippen molar-refractivity contribution in [3.63, 3.8) is 0 Å². The van der Waals surface area contributed by atoms with Crippen molar-refractivity contribution in [3.8, 4) is 0 Å². The minimum Gasteiger partial charge on any atom is -0.444 e. The minimum atomic E-state index is -0.972. The Morgan fingerprint density at radius 3 is 2.10 bits per heavy atom. The molecule has 3 N–H and O–H groups in total. The number of likely N-dealkylation sites (N-methyl/N-ethyl adjacent to an activating group) is 1. The summed E-state index contributed by atoms with van der Waals surface area (Å²) in [6, 6.07) is 32.8. The van der Waals surface area contributed by atoms with Crippen molar-refractivity contribution in [1.82, 2.24) is 30.3 Å². The number of hydrogen-bond donors (Lipinski definition) is 3. The van der Waals surface area contributed by atoms with Crippen molar-refractivity contribution >= 4 is 40.6 Å². The molecule has 3 aliphatic heterocycles. The summed E-state index contributed by atoms with van der Waals surface area (Å²) in [5.41, 5.74) is 3.97. The van der Waals surface area contributed by atoms with Crippen LogP contribution in [0.3, 0.4) is 0 Å². The van der Waals surface area contributed by atoms with Crippen LogP contribution in [0.4, 0.5) is 4.79 Å². The fourth-order valence-electron chi connectivity index (χ4n) is 9.06. The Bertz CT molecular complexity index is 2290. The number of ether oxygens (including phenoxy) is 1. The molecule has 4 fully saturated rings. The number of nitrogens with one attached hydrogen (secondary N) is 3. The van der Waals surface area contributed by atoms with Crippen molar-refractivity contribution in [2.45, 2.75) is 81.9 Å². The van der Waals surface area contributed by atoms with E-state index in [0.717, 1.165) is 47.8 Å². The number of rotatable bonds is 14. The second kappa shape index (κ2) is 17.7. The number of nitrogens with zero attached hydrogens (tertiary/aromatic N) is 3. The average Bonchev–Trinajstić information content (AvgIpc) is 3.64. The van der Waals surface area contributed by atoms with Crippen molar-refractivity contribution in [2.75, 3.05) is 13.6 Å². The van der Waals surface area contributed by atoms with Gasteiger partial charge >= 0.3 is 6.09 Å². The van der Waals surface area contributed by atoms with E-state index in [2.05, 4.69) is 16.0 Å². The number of para-hydroxylation sites is 1. The van der Waals surface area contributed by atoms with Gasteiger partial charge in [-0.25, -0.2) is 4.79 Å². The summed E-state index contributed by atoms with van der Waals surface area (Å²) in [7, 11) is 1.72. The normalized spacial score (nSPS) is 20.7. The standard InChI is InChI=1S/C47H50N6O6/c1-51(28-32-15-7-3-8-16-32)45(56)39(25-31-13-5-2-6-14-31)49-43(54)38(48-27-40-46(57)53-36-23-21-34(22-24-36)42(53)44(55)50-40)26-35-29-52(41-20-12-11-19-37(35)41)47(58)59-30-33-17-9-4-10-18-33/h2-20,29,34,36,38-40,42,48H,21-28,30H2,1H3,(H,49,54)(H,50,55)/t34?,36?,38-,39+,40-,42?/m1/s1. The van der Waals surface area contributed by atoms with Crippen molar-refractivity contribution < 1.29 is 28.7 Å². The van der Waals surface area contributed by atoms with Crippen LogP contribution in [-0.4, -0.2) is 87.9 Å². The topological polar surface area (TPSA) is 142 Å². The Morgan fingerprint density at radius 2 is 1.41 bits per heavy atom. The predicted molar refractivity (Wildman–Crippen MR) is 223 cm³/mol. The van der Waals surface area contributed by atoms with Crippen LogP contribution in [0, 0.1) is 5.92 Å². The molecule has 12 heteroatoms. The monoisotopic (exact) mass is 794 g/mol. The highest BCUT2D eigenvalue weighted by atomic mass is 16.5. The lowest BCUT2D eigenvalue weighted by Gasteiger charge is -2.53. The van der Waals surface area contributed by atoms with Gasteiger partial charge in [-0.1, -0.05) is 109 Å². The smallest absolute Gasteiger partial charge is 0.418 e. The van der Waals surface area contributed by atoms with Gasteiger partial charge in [0.25, 0.3) is 0 Å². The Labute approximate surface area is 343 Å². The summed E-state index contributed by atoms with van der Waals surface area (Å²) in [4.78, 5) is 73.4. The lowest BCUT2D eigenvalue weighted by Crippen LogP contribution is -2.72. The van der Waals surface area contributed by atoms with Crippen LogP contribution < -0.4 is 16.0 Å². The zero-order valence-electron chi connectivity index (χ0n) is 33.2. The molecule has 2 bridgehead atoms. The Kier molecular flexibility index (Phi) is 11.9. The molecule has 5 aromatic rings. The summed E-state index contributed by atoms with van der Waals surface area (Å²) in [6.45, 7) is 0.432. The van der Waals surface area contributed by atoms with E-state index in [9.17, 15) is 24.0 Å². The molecular weight excluding hydrogens is 745 g/mol. The molecular formula is C47H50N6O6. The van der Waals surface area contributed by atoms with Crippen LogP contribution in [0.1, 0.15) is 47.9 Å². The quantitative estimate of drug-likeness (QED) is 0.144. The van der Waals surface area contributed by atoms with Gasteiger partial charge < -0.3 is 30.5 Å². The maximum Gasteiger partial charge on any atom is 0.418 e. The minimum absolute atomic E-state index is 0.00770. The zero-order chi connectivity index (χ0) is 40.9. The molecule has 3 saturated heterocycles. The third-order valence-electron chi connectivity index (χ3n) is 12.1. The van der Waals surface area contributed by atoms with E-state index in [1.165, 1.54) is 4.57 Å². The van der Waals surface area contributed by atoms with Crippen LogP contribution >= 0.6 is 0 Å². The van der Waals surface area contributed by atoms with Crippen LogP contribution in [-0.2, 0) is 49.9 Å². The number of hydrogen-bond acceptors (Lipinski definition) is 7. The molecule has 1 aromatic heterocycles. The van der Waals surface area contributed by atoms with E-state index < -0.39 is 36.2 Å². The number of carbonyl (C=O) groups excluding carboxylic acids is 5. The van der Waals surface area contributed by atoms with Crippen LogP contribution in [0.2, 0.25) is 0 Å². The van der Waals surface area contributed by atoms with Crippen LogP contribution in [0.5, 0.6) is 0 Å². The van der Waals surface area contributed by atoms with Crippen molar-refractivity contribution in [1.29, 1.82) is 0 Å². The van der Waals surface area contributed by atoms with E-state index >= 15 is 0 Å². The fraction of sp³-hybridized carbons (Fsp3) is 0.340. The number of fused-ring (bicyclic) bond motifs is 3. The van der Waals surface area contributed by atoms with Crippen molar-refractivity contribution in [2.24, 2.45) is 5.92 Å². The molecule has 59 heavy (non-hydrogen) atoms. The molecule has 4 atom stereocenters. The van der Waals surface area contributed by atoms with E-state index in [1.54, 1.807) is 23.0 Å². The van der Waals surface area contributed by atoms with Crippen LogP contribution in [0.15, 0.2) is 121 Å². The van der Waals surface area contributed by atoms with Gasteiger partial charge in [-0.05, 0) is 66.3 Å². The molecule has 4 heterocycles. The molecule has 12 nitrogen and oxygen atoms in total. The molecule has 0 radical (unpaired) electrons. The highest BCUT2D eigenvalue weighted by Gasteiger charge is 2.52. The summed E-state index contributed by atoms with van der Waals surface area (Å²) in [5, 5.41) is 10.1. The lowest BCUT2D eigenvalue weighted by atomic mass is 9.73. The zero-order valence-corrected chi connectivity index (χ0v) is 33.2. The Hall–Kier alpha value is -6.27. The lowest BCUT2D eigenvalue weighted by molar-refractivity contribution is -0.162. The molecule has 1 aliphatic carbocycles. The van der Waals surface area contributed by atoms with Gasteiger partial charge in [0.1, 0.15) is 24.7 Å². The Morgan fingerprint density at radius 1 is 0.780 bits per heavy atom. The molecule has 4 aliphatic rings. The van der Waals surface area contributed by atoms with E-state index in [4.69, 9.17) is 4.74 Å². The SMILES string of the molecule is CN(Cc1ccccc1)C(=O)[C@H](Cc1ccccc1)NC(=O)[C@@H](Cc1cn(C(=O)OCc2ccccc2)c2ccccc12)NC[C@H]1NC(=O)C2C3CCC(CC3)N2C1=O. The largest absolute Gasteiger partial charge is 0.444 e. The first-order valence-corrected chi connectivity index (χ1v) is 20.5. The summed E-state index contributed by atoms with van der Waals surface area (Å²) < 4.78 is 7.15. The molecule has 0 spiro atoms. The first-order valence-electron chi connectivity index (χ1n) is 20.5. The number of carbonyl (C=O) groups is 5. The molecule has 4 amide bonds. The van der Waals surface area contributed by atoms with Crippen LogP contribution in [0.25, 0.3) is 10.9 Å². The van der Waals surface area contributed by atoms with Gasteiger partial charge in [-0.15, -0.1) is 0 Å². The predicted octanol–water partition coefficient (Wildman–Crippen LogP) is 4.98. The highest BCUT2D eigenvalue weighted by Crippen LogP contribution is 2.41. The van der Waals surface area contributed by atoms with Gasteiger partial charge in [0.05, 0.1) is 11.6 Å². The highest BCUT2D eigenvalue weighted by molar-refractivity contribution is 5.98. The summed E-state index contributed by atoms with van der Waals surface area (Å²) in [6.07, 6.45) is 5.12. The van der Waals surface area contributed by atoms with E-state index in [0.29, 0.717) is 17.6 Å². The van der Waals surface area contributed by atoms with E-state index in [-0.39, 0.29) is 55.7 Å². The number of benzene rings is 4. The summed E-state index contributed by atoms with van der Waals surface area (Å²) in [5.74, 6) is -0.858. The third kappa shape index (κ3) is 8.78. The molecule has 9 rings (SSSR count). The number of piperidine rings is 2. The molecule has 1 saturated carbocycles. The van der Waals surface area contributed by atoms with E-state index in [1.807, 2.05) is 115 Å². The number of aromatic nitrogens is 1. The molecule has 4 aromatic carbocycles. The average molecular weight is 795 g/mol. The summed E-state index contributed by atoms with van der Waals surface area (Å²) >= 11 is 0. The van der Waals surface area contributed by atoms with Crippen molar-refractivity contribution in [3.05, 3.63) is 144 Å². The van der Waals surface area contributed by atoms with Gasteiger partial charge in [-0.3, -0.25) is 23.7 Å².